The van der Waals surface area contributed by atoms with E-state index in [1.165, 1.54) is 122 Å². The summed E-state index contributed by atoms with van der Waals surface area (Å²) in [6.07, 6.45) is 57.7. The third-order valence-electron chi connectivity index (χ3n) is 14.0. The number of aliphatic hydroxyl groups excluding tert-OH is 5. The van der Waals surface area contributed by atoms with E-state index in [0.717, 1.165) is 77.0 Å². The number of hydrogen-bond donors (Lipinski definition) is 6. The number of carbonyl (C=O) groups excluding carboxylic acids is 2. The van der Waals surface area contributed by atoms with Crippen LogP contribution < -0.4 is 5.32 Å². The monoisotopic (exact) mass is 1070 g/mol. The third-order valence-corrected chi connectivity index (χ3v) is 14.0. The quantitative estimate of drug-likeness (QED) is 0.0195. The van der Waals surface area contributed by atoms with Crippen LogP contribution in [0.15, 0.2) is 85.1 Å². The first-order valence-electron chi connectivity index (χ1n) is 30.9. The van der Waals surface area contributed by atoms with Crippen molar-refractivity contribution in [2.45, 2.75) is 301 Å². The summed E-state index contributed by atoms with van der Waals surface area (Å²) in [6, 6.07) is -1.04. The molecule has 11 nitrogen and oxygen atoms in total. The largest absolute Gasteiger partial charge is 0.454 e. The van der Waals surface area contributed by atoms with Gasteiger partial charge in [0.15, 0.2) is 12.4 Å². The normalized spacial score (nSPS) is 19.7. The van der Waals surface area contributed by atoms with Gasteiger partial charge in [-0.1, -0.05) is 241 Å². The van der Waals surface area contributed by atoms with Gasteiger partial charge in [-0.05, 0) is 89.9 Å². The highest BCUT2D eigenvalue weighted by molar-refractivity contribution is 5.80. The molecule has 6 N–H and O–H groups in total. The fourth-order valence-electron chi connectivity index (χ4n) is 9.15. The molecule has 1 amide bonds. The molecule has 1 heterocycles. The fraction of sp³-hybridized carbons (Fsp3) is 0.754. The zero-order chi connectivity index (χ0) is 55.4. The average molecular weight is 1070 g/mol. The van der Waals surface area contributed by atoms with Crippen LogP contribution in [-0.4, -0.2) is 99.6 Å². The van der Waals surface area contributed by atoms with Crippen molar-refractivity contribution < 1.29 is 49.3 Å². The van der Waals surface area contributed by atoms with Crippen molar-refractivity contribution in [2.75, 3.05) is 13.2 Å². The molecule has 1 saturated heterocycles. The minimum Gasteiger partial charge on any atom is -0.454 e. The first-order chi connectivity index (χ1) is 37.2. The van der Waals surface area contributed by atoms with Crippen LogP contribution in [0.2, 0.25) is 0 Å². The van der Waals surface area contributed by atoms with Gasteiger partial charge >= 0.3 is 5.97 Å². The topological polar surface area (TPSA) is 175 Å². The molecule has 0 aromatic heterocycles. The molecule has 438 valence electrons. The van der Waals surface area contributed by atoms with Gasteiger partial charge in [0, 0.05) is 6.42 Å². The molecule has 0 radical (unpaired) electrons. The van der Waals surface area contributed by atoms with Crippen LogP contribution in [0.4, 0.5) is 0 Å². The van der Waals surface area contributed by atoms with Gasteiger partial charge in [0.2, 0.25) is 5.91 Å². The summed E-state index contributed by atoms with van der Waals surface area (Å²) >= 11 is 0. The summed E-state index contributed by atoms with van der Waals surface area (Å²) in [5.41, 5.74) is 0. The molecule has 0 aromatic rings. The average Bonchev–Trinajstić information content (AvgIpc) is 3.42. The lowest BCUT2D eigenvalue weighted by molar-refractivity contribution is -0.305. The number of carbonyl (C=O) groups is 2. The Bertz CT molecular complexity index is 1560. The van der Waals surface area contributed by atoms with Crippen LogP contribution in [0.25, 0.3) is 0 Å². The van der Waals surface area contributed by atoms with Crippen molar-refractivity contribution >= 4 is 11.9 Å². The number of esters is 1. The molecule has 8 atom stereocenters. The maximum Gasteiger partial charge on any atom is 0.306 e. The van der Waals surface area contributed by atoms with Crippen LogP contribution in [0.5, 0.6) is 0 Å². The number of amides is 1. The first kappa shape index (κ1) is 70.9. The van der Waals surface area contributed by atoms with Crippen LogP contribution in [0.3, 0.4) is 0 Å². The van der Waals surface area contributed by atoms with E-state index in [4.69, 9.17) is 14.2 Å². The highest BCUT2D eigenvalue weighted by Crippen LogP contribution is 2.26. The highest BCUT2D eigenvalue weighted by atomic mass is 16.7. The lowest BCUT2D eigenvalue weighted by atomic mass is 9.99. The number of ether oxygens (including phenoxy) is 3. The summed E-state index contributed by atoms with van der Waals surface area (Å²) in [5, 5.41) is 56.9. The third kappa shape index (κ3) is 40.1. The van der Waals surface area contributed by atoms with Gasteiger partial charge in [-0.2, -0.15) is 0 Å². The molecule has 0 spiro atoms. The molecular formula is C65H113NO10. The number of hydrogen-bond acceptors (Lipinski definition) is 10. The molecule has 0 saturated carbocycles. The molecule has 8 unspecified atom stereocenters. The zero-order valence-electron chi connectivity index (χ0n) is 48.3. The van der Waals surface area contributed by atoms with E-state index in [2.05, 4.69) is 86.8 Å². The van der Waals surface area contributed by atoms with Gasteiger partial charge in [0.1, 0.15) is 24.4 Å². The molecule has 1 aliphatic rings. The second-order valence-electron chi connectivity index (χ2n) is 21.0. The smallest absolute Gasteiger partial charge is 0.306 e. The molecule has 1 aliphatic heterocycles. The standard InChI is InChI=1S/C65H113NO10/c1-4-7-10-13-16-19-22-25-27-29-31-32-34-37-40-43-46-49-52-58(69)64(73)66-56(57(68)51-48-45-42-39-36-24-21-18-15-12-9-6-3)55-74-65-63(62(72)61(71)59(54-67)75-65)76-60(70)53-50-47-44-41-38-35-33-30-28-26-23-20-17-14-11-8-5-2/h8,11,17,20,25-28,33,35,41,44,48,51,56-59,61-63,65,67-69,71-72H,4-7,9-10,12-16,18-19,21-24,29-32,34,36-40,42-43,45-47,49-50,52-55H2,1-3H3,(H,66,73)/b11-8-,20-17-,27-25+,28-26-,35-33-,44-41-,51-48+. The van der Waals surface area contributed by atoms with Crippen molar-refractivity contribution in [1.82, 2.24) is 5.32 Å². The predicted octanol–water partition coefficient (Wildman–Crippen LogP) is 14.6. The summed E-state index contributed by atoms with van der Waals surface area (Å²) in [6.45, 7) is 5.64. The van der Waals surface area contributed by atoms with Crippen molar-refractivity contribution in [2.24, 2.45) is 0 Å². The van der Waals surface area contributed by atoms with Crippen molar-refractivity contribution in [3.63, 3.8) is 0 Å². The van der Waals surface area contributed by atoms with Gasteiger partial charge in [-0.25, -0.2) is 0 Å². The minimum absolute atomic E-state index is 0.0420. The molecule has 76 heavy (non-hydrogen) atoms. The Labute approximate surface area is 463 Å². The molecule has 0 aliphatic carbocycles. The Morgan fingerprint density at radius 1 is 0.526 bits per heavy atom. The predicted molar refractivity (Wildman–Crippen MR) is 315 cm³/mol. The summed E-state index contributed by atoms with van der Waals surface area (Å²) < 4.78 is 17.5. The van der Waals surface area contributed by atoms with Crippen LogP contribution >= 0.6 is 0 Å². The van der Waals surface area contributed by atoms with Crippen LogP contribution in [0, 0.1) is 0 Å². The number of aliphatic hydroxyl groups is 5. The Hall–Kier alpha value is -3.16. The van der Waals surface area contributed by atoms with Gasteiger partial charge in [0.05, 0.1) is 25.4 Å². The van der Waals surface area contributed by atoms with Crippen molar-refractivity contribution in [3.8, 4) is 0 Å². The highest BCUT2D eigenvalue weighted by Gasteiger charge is 2.47. The lowest BCUT2D eigenvalue weighted by Gasteiger charge is -2.41. The lowest BCUT2D eigenvalue weighted by Crippen LogP contribution is -2.61. The molecule has 1 rings (SSSR count). The maximum absolute atomic E-state index is 13.4. The van der Waals surface area contributed by atoms with E-state index in [1.54, 1.807) is 6.08 Å². The Morgan fingerprint density at radius 2 is 0.947 bits per heavy atom. The number of nitrogens with one attached hydrogen (secondary N) is 1. The molecule has 0 aromatic carbocycles. The van der Waals surface area contributed by atoms with Gasteiger partial charge in [-0.3, -0.25) is 9.59 Å². The molecule has 0 bridgehead atoms. The maximum atomic E-state index is 13.4. The van der Waals surface area contributed by atoms with E-state index in [1.807, 2.05) is 18.2 Å². The number of unbranched alkanes of at least 4 members (excludes halogenated alkanes) is 25. The Balaban J connectivity index is 2.72. The summed E-state index contributed by atoms with van der Waals surface area (Å²) in [4.78, 5) is 26.5. The number of rotatable bonds is 51. The van der Waals surface area contributed by atoms with E-state index >= 15 is 0 Å². The minimum atomic E-state index is -1.64. The fourth-order valence-corrected chi connectivity index (χ4v) is 9.15. The van der Waals surface area contributed by atoms with E-state index in [9.17, 15) is 35.1 Å². The zero-order valence-corrected chi connectivity index (χ0v) is 48.3. The van der Waals surface area contributed by atoms with Crippen molar-refractivity contribution in [3.05, 3.63) is 85.1 Å². The summed E-state index contributed by atoms with van der Waals surface area (Å²) in [7, 11) is 0. The van der Waals surface area contributed by atoms with E-state index in [0.29, 0.717) is 19.3 Å². The Morgan fingerprint density at radius 3 is 1.43 bits per heavy atom. The van der Waals surface area contributed by atoms with E-state index < -0.39 is 67.4 Å². The van der Waals surface area contributed by atoms with Crippen LogP contribution in [-0.2, 0) is 23.8 Å². The summed E-state index contributed by atoms with van der Waals surface area (Å²) in [5.74, 6) is -1.26. The van der Waals surface area contributed by atoms with Gasteiger partial charge < -0.3 is 45.1 Å². The Kier molecular flexibility index (Phi) is 49.0. The van der Waals surface area contributed by atoms with Crippen molar-refractivity contribution in [1.29, 1.82) is 0 Å². The van der Waals surface area contributed by atoms with Crippen LogP contribution in [0.1, 0.15) is 252 Å². The SMILES string of the molecule is CC/C=C\C/C=C\C/C=C\C/C=C\C/C=C\CCCC(=O)OC1C(OCC(NC(=O)C(O)CCCCCCCCCC/C=C/CCCCCCCC)C(O)/C=C/CCCCCCCCCCCC)OC(CO)C(O)C1O. The molecule has 1 fully saturated rings. The number of allylic oxidation sites excluding steroid dienone is 13. The second-order valence-corrected chi connectivity index (χ2v) is 21.0. The first-order valence-corrected chi connectivity index (χ1v) is 30.9. The molecular weight excluding hydrogens is 955 g/mol. The second kappa shape index (κ2) is 52.5. The molecule has 11 heteroatoms. The van der Waals surface area contributed by atoms with E-state index in [-0.39, 0.29) is 19.4 Å². The van der Waals surface area contributed by atoms with Gasteiger partial charge in [0.25, 0.3) is 0 Å². The van der Waals surface area contributed by atoms with Gasteiger partial charge in [-0.15, -0.1) is 0 Å².